The lowest BCUT2D eigenvalue weighted by Gasteiger charge is -2.20. The predicted molar refractivity (Wildman–Crippen MR) is 43.3 cm³/mol. The van der Waals surface area contributed by atoms with Gasteiger partial charge in [0.2, 0.25) is 0 Å². The van der Waals surface area contributed by atoms with E-state index in [0.29, 0.717) is 12.5 Å². The van der Waals surface area contributed by atoms with E-state index in [1.807, 2.05) is 13.8 Å². The van der Waals surface area contributed by atoms with Crippen molar-refractivity contribution >= 4 is 0 Å². The van der Waals surface area contributed by atoms with Gasteiger partial charge in [0.25, 0.3) is 0 Å². The zero-order valence-electron chi connectivity index (χ0n) is 7.12. The molecule has 0 heterocycles. The van der Waals surface area contributed by atoms with E-state index < -0.39 is 12.2 Å². The Bertz CT molecular complexity index is 127. The number of hydrogen-bond donors (Lipinski definition) is 3. The normalized spacial score (nSPS) is 38.5. The summed E-state index contributed by atoms with van der Waals surface area (Å²) in [5.74, 6) is 0. The number of rotatable bonds is 2. The molecule has 1 fully saturated rings. The molecule has 0 aromatic rings. The SMILES string of the molecule is CC(C)N[C@H]1CC[C@@H](O)[C@@H]1O. The summed E-state index contributed by atoms with van der Waals surface area (Å²) >= 11 is 0. The Kier molecular flexibility index (Phi) is 2.87. The van der Waals surface area contributed by atoms with Gasteiger partial charge in [-0.25, -0.2) is 0 Å². The Balaban J connectivity index is 2.36. The van der Waals surface area contributed by atoms with Crippen LogP contribution in [0.15, 0.2) is 0 Å². The Morgan fingerprint density at radius 2 is 1.91 bits per heavy atom. The van der Waals surface area contributed by atoms with E-state index >= 15 is 0 Å². The van der Waals surface area contributed by atoms with Crippen LogP contribution in [0, 0.1) is 0 Å². The molecule has 1 rings (SSSR count). The molecular weight excluding hydrogens is 142 g/mol. The smallest absolute Gasteiger partial charge is 0.0951 e. The van der Waals surface area contributed by atoms with Crippen LogP contribution >= 0.6 is 0 Å². The third-order valence-electron chi connectivity index (χ3n) is 2.13. The fourth-order valence-corrected chi connectivity index (χ4v) is 1.57. The van der Waals surface area contributed by atoms with Crippen LogP contribution in [0.1, 0.15) is 26.7 Å². The van der Waals surface area contributed by atoms with Gasteiger partial charge in [-0.15, -0.1) is 0 Å². The van der Waals surface area contributed by atoms with Crippen molar-refractivity contribution in [2.45, 2.75) is 51.0 Å². The second-order valence-corrected chi connectivity index (χ2v) is 3.56. The van der Waals surface area contributed by atoms with Crippen LogP contribution in [0.2, 0.25) is 0 Å². The fourth-order valence-electron chi connectivity index (χ4n) is 1.57. The minimum absolute atomic E-state index is 0.0880. The van der Waals surface area contributed by atoms with E-state index in [2.05, 4.69) is 5.32 Å². The summed E-state index contributed by atoms with van der Waals surface area (Å²) in [6.07, 6.45) is 0.496. The monoisotopic (exact) mass is 159 g/mol. The lowest BCUT2D eigenvalue weighted by Crippen LogP contribution is -2.42. The van der Waals surface area contributed by atoms with Crippen LogP contribution in [-0.2, 0) is 0 Å². The predicted octanol–water partition coefficient (Wildman–Crippen LogP) is -0.131. The van der Waals surface area contributed by atoms with E-state index in [0.717, 1.165) is 6.42 Å². The van der Waals surface area contributed by atoms with Crippen molar-refractivity contribution in [3.05, 3.63) is 0 Å². The maximum atomic E-state index is 9.39. The molecule has 11 heavy (non-hydrogen) atoms. The van der Waals surface area contributed by atoms with Crippen molar-refractivity contribution in [1.82, 2.24) is 5.32 Å². The minimum atomic E-state index is -0.572. The van der Waals surface area contributed by atoms with Crippen LogP contribution in [0.3, 0.4) is 0 Å². The molecule has 0 aliphatic heterocycles. The van der Waals surface area contributed by atoms with Crippen molar-refractivity contribution in [3.63, 3.8) is 0 Å². The van der Waals surface area contributed by atoms with E-state index in [-0.39, 0.29) is 6.04 Å². The first-order chi connectivity index (χ1) is 5.11. The minimum Gasteiger partial charge on any atom is -0.390 e. The zero-order chi connectivity index (χ0) is 8.43. The van der Waals surface area contributed by atoms with Gasteiger partial charge in [0.15, 0.2) is 0 Å². The highest BCUT2D eigenvalue weighted by atomic mass is 16.3. The molecule has 1 aliphatic carbocycles. The molecule has 66 valence electrons. The Labute approximate surface area is 67.4 Å². The Hall–Kier alpha value is -0.120. The first-order valence-corrected chi connectivity index (χ1v) is 4.23. The molecule has 1 saturated carbocycles. The van der Waals surface area contributed by atoms with Gasteiger partial charge in [0, 0.05) is 12.1 Å². The summed E-state index contributed by atoms with van der Waals surface area (Å²) < 4.78 is 0. The number of nitrogens with one attached hydrogen (secondary N) is 1. The summed E-state index contributed by atoms with van der Waals surface area (Å²) in [5, 5.41) is 21.8. The molecule has 3 atom stereocenters. The molecule has 0 aromatic carbocycles. The van der Waals surface area contributed by atoms with Crippen molar-refractivity contribution in [3.8, 4) is 0 Å². The molecular formula is C8H17NO2. The van der Waals surface area contributed by atoms with Gasteiger partial charge >= 0.3 is 0 Å². The molecule has 0 unspecified atom stereocenters. The van der Waals surface area contributed by atoms with Crippen LogP contribution in [0.4, 0.5) is 0 Å². The van der Waals surface area contributed by atoms with Gasteiger partial charge in [-0.2, -0.15) is 0 Å². The zero-order valence-corrected chi connectivity index (χ0v) is 7.12. The molecule has 0 aromatic heterocycles. The maximum Gasteiger partial charge on any atom is 0.0951 e. The van der Waals surface area contributed by atoms with Crippen molar-refractivity contribution in [2.75, 3.05) is 0 Å². The Morgan fingerprint density at radius 3 is 2.27 bits per heavy atom. The summed E-state index contributed by atoms with van der Waals surface area (Å²) in [6, 6.07) is 0.463. The second-order valence-electron chi connectivity index (χ2n) is 3.56. The molecule has 0 saturated heterocycles. The van der Waals surface area contributed by atoms with E-state index in [1.54, 1.807) is 0 Å². The van der Waals surface area contributed by atoms with Gasteiger partial charge in [-0.3, -0.25) is 0 Å². The molecule has 3 N–H and O–H groups in total. The highest BCUT2D eigenvalue weighted by Gasteiger charge is 2.33. The van der Waals surface area contributed by atoms with Crippen LogP contribution in [0.25, 0.3) is 0 Å². The van der Waals surface area contributed by atoms with Crippen molar-refractivity contribution in [2.24, 2.45) is 0 Å². The van der Waals surface area contributed by atoms with Crippen molar-refractivity contribution < 1.29 is 10.2 Å². The summed E-state index contributed by atoms with van der Waals surface area (Å²) in [7, 11) is 0. The summed E-state index contributed by atoms with van der Waals surface area (Å²) in [4.78, 5) is 0. The molecule has 3 heteroatoms. The first kappa shape index (κ1) is 8.97. The van der Waals surface area contributed by atoms with Gasteiger partial charge in [0.05, 0.1) is 12.2 Å². The van der Waals surface area contributed by atoms with Gasteiger partial charge in [-0.1, -0.05) is 13.8 Å². The largest absolute Gasteiger partial charge is 0.390 e. The number of hydrogen-bond acceptors (Lipinski definition) is 3. The van der Waals surface area contributed by atoms with E-state index in [4.69, 9.17) is 0 Å². The van der Waals surface area contributed by atoms with E-state index in [1.165, 1.54) is 0 Å². The quantitative estimate of drug-likeness (QED) is 0.526. The molecule has 3 nitrogen and oxygen atoms in total. The second kappa shape index (κ2) is 3.52. The van der Waals surface area contributed by atoms with Crippen LogP contribution < -0.4 is 5.32 Å². The summed E-state index contributed by atoms with van der Waals surface area (Å²) in [6.45, 7) is 4.08. The standard InChI is InChI=1S/C8H17NO2/c1-5(2)9-6-3-4-7(10)8(6)11/h5-11H,3-4H2,1-2H3/t6-,7+,8+/m0/s1. The molecule has 0 radical (unpaired) electrons. The number of aliphatic hydroxyl groups excluding tert-OH is 2. The molecule has 0 amide bonds. The Morgan fingerprint density at radius 1 is 1.27 bits per heavy atom. The highest BCUT2D eigenvalue weighted by Crippen LogP contribution is 2.19. The first-order valence-electron chi connectivity index (χ1n) is 4.23. The molecule has 0 spiro atoms. The maximum absolute atomic E-state index is 9.39. The topological polar surface area (TPSA) is 52.5 Å². The van der Waals surface area contributed by atoms with Gasteiger partial charge in [0.1, 0.15) is 0 Å². The van der Waals surface area contributed by atoms with Crippen molar-refractivity contribution in [1.29, 1.82) is 0 Å². The average Bonchev–Trinajstić information content (AvgIpc) is 2.18. The molecule has 1 aliphatic rings. The average molecular weight is 159 g/mol. The summed E-state index contributed by atoms with van der Waals surface area (Å²) in [5.41, 5.74) is 0. The van der Waals surface area contributed by atoms with Crippen LogP contribution in [-0.4, -0.2) is 34.5 Å². The third kappa shape index (κ3) is 2.15. The highest BCUT2D eigenvalue weighted by molar-refractivity contribution is 4.89. The van der Waals surface area contributed by atoms with Crippen LogP contribution in [0.5, 0.6) is 0 Å². The fraction of sp³-hybridized carbons (Fsp3) is 1.00. The van der Waals surface area contributed by atoms with Gasteiger partial charge < -0.3 is 15.5 Å². The lowest BCUT2D eigenvalue weighted by molar-refractivity contribution is 0.0289. The number of aliphatic hydroxyl groups is 2. The molecule has 0 bridgehead atoms. The van der Waals surface area contributed by atoms with Gasteiger partial charge in [-0.05, 0) is 12.8 Å². The lowest BCUT2D eigenvalue weighted by atomic mass is 10.2. The third-order valence-corrected chi connectivity index (χ3v) is 2.13. The van der Waals surface area contributed by atoms with E-state index in [9.17, 15) is 10.2 Å².